The van der Waals surface area contributed by atoms with Gasteiger partial charge in [-0.25, -0.2) is 16.8 Å². The molecule has 2 aliphatic rings. The van der Waals surface area contributed by atoms with Crippen LogP contribution < -0.4 is 23.5 Å². The van der Waals surface area contributed by atoms with Crippen molar-refractivity contribution in [3.8, 4) is 11.5 Å². The maximum atomic E-state index is 14.3. The molecule has 14 rings (SSSR count). The molecule has 520 valence electrons. The van der Waals surface area contributed by atoms with E-state index in [1.165, 1.54) is 68.1 Å². The number of amides is 2. The number of hydrogen-bond acceptors (Lipinski definition) is 19. The lowest BCUT2D eigenvalue weighted by Crippen LogP contribution is -2.56. The monoisotopic (exact) mass is 1440 g/mol. The number of carbonyl (C=O) groups excluding carboxylic acids is 2. The van der Waals surface area contributed by atoms with Crippen LogP contribution in [-0.2, 0) is 62.5 Å². The lowest BCUT2D eigenvalue weighted by atomic mass is 10.0. The maximum absolute atomic E-state index is 14.3. The molecule has 2 atom stereocenters. The molecular formula is C76H70N10O12S4. The number of nitrogens with zero attached hydrogens (tertiary/aromatic N) is 9. The van der Waals surface area contributed by atoms with E-state index in [9.17, 15) is 43.3 Å². The van der Waals surface area contributed by atoms with Crippen LogP contribution in [0.1, 0.15) is 11.1 Å². The molecule has 4 aromatic heterocycles. The summed E-state index contributed by atoms with van der Waals surface area (Å²) in [4.78, 5) is 52.9. The molecule has 2 fully saturated rings. The second kappa shape index (κ2) is 30.2. The van der Waals surface area contributed by atoms with Gasteiger partial charge in [-0.3, -0.25) is 34.8 Å². The molecular weight excluding hydrogens is 1370 g/mol. The third-order valence-corrected chi connectivity index (χ3v) is 24.3. The molecule has 0 unspecified atom stereocenters. The van der Waals surface area contributed by atoms with Crippen molar-refractivity contribution in [3.05, 3.63) is 267 Å². The number of hydrogen-bond donors (Lipinski definition) is 1. The van der Waals surface area contributed by atoms with Crippen molar-refractivity contribution in [2.24, 2.45) is 0 Å². The summed E-state index contributed by atoms with van der Waals surface area (Å²) in [6.07, 6.45) is 12.7. The number of pyridine rings is 4. The van der Waals surface area contributed by atoms with Crippen LogP contribution in [0.5, 0.6) is 11.5 Å². The van der Waals surface area contributed by atoms with Crippen LogP contribution in [0.2, 0.25) is 0 Å². The summed E-state index contributed by atoms with van der Waals surface area (Å²) in [5.41, 5.74) is 3.46. The first-order chi connectivity index (χ1) is 49.3. The molecule has 26 heteroatoms. The highest BCUT2D eigenvalue weighted by Gasteiger charge is 2.38. The molecule has 0 spiro atoms. The van der Waals surface area contributed by atoms with Gasteiger partial charge in [0.1, 0.15) is 33.2 Å². The number of anilines is 2. The normalized spacial score (nSPS) is 14.5. The molecule has 1 N–H and O–H groups in total. The Bertz CT molecular complexity index is 5490. The molecule has 0 bridgehead atoms. The van der Waals surface area contributed by atoms with Crippen molar-refractivity contribution in [1.82, 2.24) is 39.4 Å². The summed E-state index contributed by atoms with van der Waals surface area (Å²) in [6.45, 7) is 4.27. The summed E-state index contributed by atoms with van der Waals surface area (Å²) in [5.74, 6) is -0.812. The van der Waals surface area contributed by atoms with Crippen LogP contribution in [0.3, 0.4) is 0 Å². The highest BCUT2D eigenvalue weighted by Crippen LogP contribution is 2.32. The Morgan fingerprint density at radius 2 is 0.775 bits per heavy atom. The van der Waals surface area contributed by atoms with Gasteiger partial charge in [0.05, 0.1) is 15.8 Å². The largest absolute Gasteiger partial charge is 0.379 e. The van der Waals surface area contributed by atoms with E-state index in [4.69, 9.17) is 8.37 Å². The fourth-order valence-electron chi connectivity index (χ4n) is 12.8. The zero-order chi connectivity index (χ0) is 71.0. The van der Waals surface area contributed by atoms with Gasteiger partial charge in [0.25, 0.3) is 0 Å². The zero-order valence-electron chi connectivity index (χ0n) is 55.2. The Morgan fingerprint density at radius 3 is 1.20 bits per heavy atom. The van der Waals surface area contributed by atoms with E-state index < -0.39 is 58.1 Å². The van der Waals surface area contributed by atoms with Crippen LogP contribution in [0.25, 0.3) is 43.1 Å². The Balaban J connectivity index is 0.000000182. The summed E-state index contributed by atoms with van der Waals surface area (Å²) in [5, 5.41) is 7.80. The Labute approximate surface area is 591 Å². The smallest absolute Gasteiger partial charge is 0.339 e. The van der Waals surface area contributed by atoms with Crippen molar-refractivity contribution >= 4 is 106 Å². The number of likely N-dealkylation sites (N-methyl/N-ethyl adjacent to an activating group) is 1. The van der Waals surface area contributed by atoms with Gasteiger partial charge in [-0.1, -0.05) is 109 Å². The lowest BCUT2D eigenvalue weighted by molar-refractivity contribution is -0.135. The SMILES string of the molecule is CN([C@@H](Cc1ccc(OS(=O)(=O)c2cccc3cnccc23)cc1)C(=O)N1CCN(c2ccccc2)CC1)S(=O)(=O)c1cccc2cnccc12.O=C([C@H](Cc1ccc(OS(=O)(=O)c2cccc3cnccc23)cc1)NCS(=O)(=O)c1cccc2cnccc12)N1CCN(c2ccccc2)CC1. The van der Waals surface area contributed by atoms with E-state index in [0.717, 1.165) is 15.7 Å². The molecule has 2 saturated heterocycles. The average molecular weight is 1440 g/mol. The minimum absolute atomic E-state index is 0.0144. The number of nitrogens with one attached hydrogen (secondary N) is 1. The zero-order valence-corrected chi connectivity index (χ0v) is 58.5. The number of para-hydroxylation sites is 2. The summed E-state index contributed by atoms with van der Waals surface area (Å²) < 4.78 is 121. The van der Waals surface area contributed by atoms with Gasteiger partial charge in [-0.15, -0.1) is 0 Å². The first-order valence-electron chi connectivity index (χ1n) is 32.8. The topological polar surface area (TPSA) is 269 Å². The third kappa shape index (κ3) is 15.6. The van der Waals surface area contributed by atoms with Crippen LogP contribution in [0.4, 0.5) is 11.4 Å². The van der Waals surface area contributed by atoms with E-state index in [2.05, 4.69) is 35.1 Å². The molecule has 102 heavy (non-hydrogen) atoms. The highest BCUT2D eigenvalue weighted by atomic mass is 32.2. The molecule has 8 aromatic carbocycles. The van der Waals surface area contributed by atoms with E-state index in [1.54, 1.807) is 144 Å². The van der Waals surface area contributed by atoms with Gasteiger partial charge in [0.15, 0.2) is 9.84 Å². The number of sulfone groups is 1. The van der Waals surface area contributed by atoms with Crippen molar-refractivity contribution in [1.29, 1.82) is 0 Å². The molecule has 0 aliphatic carbocycles. The molecule has 12 aromatic rings. The number of aromatic nitrogens is 4. The first kappa shape index (κ1) is 69.7. The molecule has 0 radical (unpaired) electrons. The van der Waals surface area contributed by atoms with Crippen molar-refractivity contribution in [3.63, 3.8) is 0 Å². The Kier molecular flexibility index (Phi) is 20.7. The molecule has 2 aliphatic heterocycles. The second-order valence-corrected chi connectivity index (χ2v) is 31.5. The van der Waals surface area contributed by atoms with Crippen LogP contribution in [0.15, 0.2) is 275 Å². The van der Waals surface area contributed by atoms with E-state index in [-0.39, 0.29) is 55.7 Å². The number of fused-ring (bicyclic) bond motifs is 4. The van der Waals surface area contributed by atoms with Crippen molar-refractivity contribution in [2.75, 3.05) is 75.1 Å². The minimum Gasteiger partial charge on any atom is -0.379 e. The fourth-order valence-corrected chi connectivity index (χ4v) is 18.0. The molecule has 6 heterocycles. The van der Waals surface area contributed by atoms with Gasteiger partial charge >= 0.3 is 20.2 Å². The van der Waals surface area contributed by atoms with E-state index in [1.807, 2.05) is 60.7 Å². The molecule has 0 saturated carbocycles. The van der Waals surface area contributed by atoms with E-state index >= 15 is 0 Å². The van der Waals surface area contributed by atoms with E-state index in [0.29, 0.717) is 107 Å². The number of sulfonamides is 1. The van der Waals surface area contributed by atoms with Crippen molar-refractivity contribution < 1.29 is 51.6 Å². The molecule has 22 nitrogen and oxygen atoms in total. The predicted octanol–water partition coefficient (Wildman–Crippen LogP) is 9.96. The van der Waals surface area contributed by atoms with Gasteiger partial charge < -0.3 is 28.0 Å². The number of rotatable bonds is 21. The summed E-state index contributed by atoms with van der Waals surface area (Å²) >= 11 is 0. The fraction of sp³-hybridized carbons (Fsp3) is 0.184. The Morgan fingerprint density at radius 1 is 0.412 bits per heavy atom. The van der Waals surface area contributed by atoms with Crippen LogP contribution in [-0.4, -0.2) is 157 Å². The second-order valence-electron chi connectivity index (χ2n) is 24.5. The lowest BCUT2D eigenvalue weighted by Gasteiger charge is -2.39. The quantitative estimate of drug-likeness (QED) is 0.0655. The average Bonchev–Trinajstić information content (AvgIpc) is 0.768. The standard InChI is InChI=1S/2C38H35N5O6S2/c1-41(50(45,46)36-11-5-7-29-26-39-19-17-33(29)36)35(38(44)43-23-21-42(22-24-43)31-9-3-2-4-10-31)25-28-13-15-32(16-14-28)49-51(47,48)37-12-6-8-30-27-40-20-18-34(30)37;44-38(43-22-20-42(21-23-43)31-8-2-1-3-9-31)35(41-27-50(45,46)36-10-4-6-29-25-39-18-16-33(29)36)24-28-12-14-32(15-13-28)49-51(47,48)37-11-5-7-30-26-40-19-17-34(30)37/h2-20,26-27,35H,21-25H2,1H3;1-19,25-26,35,41H,20-24,27H2/t2*35-/m00/s1. The highest BCUT2D eigenvalue weighted by molar-refractivity contribution is 7.91. The van der Waals surface area contributed by atoms with Gasteiger partial charge in [-0.05, 0) is 121 Å². The summed E-state index contributed by atoms with van der Waals surface area (Å²) in [6, 6.07) is 57.0. The number of carbonyl (C=O) groups is 2. The summed E-state index contributed by atoms with van der Waals surface area (Å²) in [7, 11) is -15.0. The van der Waals surface area contributed by atoms with Crippen LogP contribution in [0, 0.1) is 0 Å². The van der Waals surface area contributed by atoms with Gasteiger partial charge in [-0.2, -0.15) is 21.1 Å². The predicted molar refractivity (Wildman–Crippen MR) is 391 cm³/mol. The first-order valence-corrected chi connectivity index (χ1v) is 38.7. The minimum atomic E-state index is -4.19. The molecule has 2 amide bonds. The maximum Gasteiger partial charge on any atom is 0.339 e. The Hall–Kier alpha value is -10.7. The number of benzene rings is 8. The van der Waals surface area contributed by atoms with Crippen molar-refractivity contribution in [2.45, 2.75) is 44.5 Å². The number of piperazine rings is 2. The van der Waals surface area contributed by atoms with Crippen LogP contribution >= 0.6 is 0 Å². The van der Waals surface area contributed by atoms with Gasteiger partial charge in [0, 0.05) is 163 Å². The van der Waals surface area contributed by atoms with Gasteiger partial charge in [0.2, 0.25) is 21.8 Å². The third-order valence-electron chi connectivity index (χ3n) is 18.2.